The number of methoxy groups -OCH3 is 1. The smallest absolute Gasteiger partial charge is 0.271 e. The maximum Gasteiger partial charge on any atom is 0.271 e. The summed E-state index contributed by atoms with van der Waals surface area (Å²) in [5.74, 6) is -0.457. The number of hydrogen-bond donors (Lipinski definition) is 1. The van der Waals surface area contributed by atoms with E-state index in [1.807, 2.05) is 22.6 Å². The van der Waals surface area contributed by atoms with Gasteiger partial charge in [0.15, 0.2) is 11.4 Å². The van der Waals surface area contributed by atoms with E-state index in [0.717, 1.165) is 37.9 Å². The van der Waals surface area contributed by atoms with Crippen molar-refractivity contribution in [1.29, 1.82) is 0 Å². The van der Waals surface area contributed by atoms with Crippen molar-refractivity contribution in [2.45, 2.75) is 38.3 Å². The lowest BCUT2D eigenvalue weighted by molar-refractivity contribution is 0.0938. The Morgan fingerprint density at radius 3 is 2.52 bits per heavy atom. The number of nitrogens with one attached hydrogen (secondary N) is 1. The van der Waals surface area contributed by atoms with Gasteiger partial charge in [0.1, 0.15) is 0 Å². The van der Waals surface area contributed by atoms with Crippen molar-refractivity contribution in [2.24, 2.45) is 0 Å². The van der Waals surface area contributed by atoms with Crippen LogP contribution in [0.3, 0.4) is 0 Å². The summed E-state index contributed by atoms with van der Waals surface area (Å²) in [6.45, 7) is 3.87. The van der Waals surface area contributed by atoms with Crippen LogP contribution in [0.4, 0.5) is 0 Å². The minimum Gasteiger partial charge on any atom is -0.491 e. The molecular formula is C18H26IN3O6S. The van der Waals surface area contributed by atoms with Crippen LogP contribution in [0.25, 0.3) is 0 Å². The van der Waals surface area contributed by atoms with Crippen LogP contribution in [0.2, 0.25) is 0 Å². The van der Waals surface area contributed by atoms with Crippen molar-refractivity contribution >= 4 is 38.6 Å². The number of rotatable bonds is 7. The predicted octanol–water partition coefficient (Wildman–Crippen LogP) is 1.27. The van der Waals surface area contributed by atoms with Crippen molar-refractivity contribution in [2.75, 3.05) is 39.6 Å². The molecule has 11 heteroatoms. The fourth-order valence-electron chi connectivity index (χ4n) is 4.19. The van der Waals surface area contributed by atoms with Gasteiger partial charge >= 0.3 is 0 Å². The highest BCUT2D eigenvalue weighted by molar-refractivity contribution is 14.1. The van der Waals surface area contributed by atoms with Gasteiger partial charge in [-0.15, -0.1) is 0 Å². The fraction of sp³-hybridized carbons (Fsp3) is 0.667. The second-order valence-corrected chi connectivity index (χ2v) is 10.00. The molecule has 0 saturated carbocycles. The topological polar surface area (TPSA) is 107 Å². The summed E-state index contributed by atoms with van der Waals surface area (Å²) in [6.07, 6.45) is 3.70. The van der Waals surface area contributed by atoms with Crippen molar-refractivity contribution in [3.05, 3.63) is 25.2 Å². The van der Waals surface area contributed by atoms with E-state index in [1.165, 1.54) is 7.11 Å². The monoisotopic (exact) mass is 539 g/mol. The summed E-state index contributed by atoms with van der Waals surface area (Å²) in [7, 11) is -2.29. The van der Waals surface area contributed by atoms with Crippen LogP contribution in [0.1, 0.15) is 54.5 Å². The number of likely N-dealkylation sites (tertiary alicyclic amines) is 1. The molecule has 2 aliphatic heterocycles. The van der Waals surface area contributed by atoms with Crippen molar-refractivity contribution in [3.8, 4) is 5.75 Å². The van der Waals surface area contributed by atoms with E-state index in [-0.39, 0.29) is 29.5 Å². The van der Waals surface area contributed by atoms with E-state index in [1.54, 1.807) is 11.5 Å². The highest BCUT2D eigenvalue weighted by atomic mass is 127. The molecule has 2 aliphatic rings. The minimum atomic E-state index is -3.65. The largest absolute Gasteiger partial charge is 0.491 e. The number of aromatic nitrogens is 1. The van der Waals surface area contributed by atoms with E-state index < -0.39 is 22.1 Å². The van der Waals surface area contributed by atoms with Crippen LogP contribution in [0.15, 0.2) is 4.79 Å². The SMILES string of the molecule is CCNC(=O)c1c(OC)c(=O)c(I)c2n1[C@H](COS(C)(=O)=O)C[C@H]2N1CCCC1. The average molecular weight is 539 g/mol. The molecular weight excluding hydrogens is 513 g/mol. The van der Waals surface area contributed by atoms with Gasteiger partial charge in [0.05, 0.1) is 41.3 Å². The van der Waals surface area contributed by atoms with Gasteiger partial charge in [0, 0.05) is 6.54 Å². The number of hydrogen-bond acceptors (Lipinski definition) is 7. The summed E-state index contributed by atoms with van der Waals surface area (Å²) in [5, 5.41) is 2.74. The fourth-order valence-corrected chi connectivity index (χ4v) is 5.45. The highest BCUT2D eigenvalue weighted by Crippen LogP contribution is 2.43. The number of carbonyl (C=O) groups is 1. The van der Waals surface area contributed by atoms with Crippen LogP contribution < -0.4 is 15.5 Å². The van der Waals surface area contributed by atoms with Gasteiger partial charge in [0.25, 0.3) is 16.0 Å². The maximum absolute atomic E-state index is 13.0. The van der Waals surface area contributed by atoms with E-state index >= 15 is 0 Å². The standard InChI is InChI=1S/C18H26IN3O6S/c1-4-20-18(24)15-17(27-2)16(23)13(19)14-12(21-7-5-6-8-21)9-11(22(14)15)10-28-29(3,25)26/h11-12H,4-10H2,1-3H3,(H,20,24)/t11-,12+/m0/s1. The molecule has 0 spiro atoms. The molecule has 0 aromatic carbocycles. The van der Waals surface area contributed by atoms with Crippen LogP contribution in [0, 0.1) is 3.57 Å². The zero-order valence-corrected chi connectivity index (χ0v) is 19.7. The van der Waals surface area contributed by atoms with E-state index in [2.05, 4.69) is 10.2 Å². The lowest BCUT2D eigenvalue weighted by Gasteiger charge is -2.25. The quantitative estimate of drug-likeness (QED) is 0.411. The molecule has 1 amide bonds. The molecule has 1 N–H and O–H groups in total. The Morgan fingerprint density at radius 2 is 1.97 bits per heavy atom. The van der Waals surface area contributed by atoms with Crippen LogP contribution >= 0.6 is 22.6 Å². The number of amides is 1. The van der Waals surface area contributed by atoms with Crippen molar-refractivity contribution < 1.29 is 22.1 Å². The van der Waals surface area contributed by atoms with Crippen LogP contribution in [0.5, 0.6) is 5.75 Å². The first-order valence-corrected chi connectivity index (χ1v) is 12.5. The first-order chi connectivity index (χ1) is 13.7. The molecule has 1 aromatic heterocycles. The van der Waals surface area contributed by atoms with E-state index in [4.69, 9.17) is 8.92 Å². The normalized spacial score (nSPS) is 21.9. The van der Waals surface area contributed by atoms with Gasteiger partial charge in [0.2, 0.25) is 5.43 Å². The van der Waals surface area contributed by atoms with Gasteiger partial charge in [-0.1, -0.05) is 0 Å². The van der Waals surface area contributed by atoms with Gasteiger partial charge < -0.3 is 14.6 Å². The second kappa shape index (κ2) is 8.90. The number of nitrogens with zero attached hydrogens (tertiary/aromatic N) is 2. The molecule has 3 heterocycles. The first-order valence-electron chi connectivity index (χ1n) is 9.58. The molecule has 29 heavy (non-hydrogen) atoms. The van der Waals surface area contributed by atoms with Crippen molar-refractivity contribution in [1.82, 2.24) is 14.8 Å². The summed E-state index contributed by atoms with van der Waals surface area (Å²) < 4.78 is 35.9. The van der Waals surface area contributed by atoms with E-state index in [0.29, 0.717) is 16.5 Å². The molecule has 1 fully saturated rings. The summed E-state index contributed by atoms with van der Waals surface area (Å²) in [5.41, 5.74) is 0.537. The third-order valence-corrected chi connectivity index (χ3v) is 6.94. The van der Waals surface area contributed by atoms with Gasteiger partial charge in [-0.05, 0) is 61.9 Å². The molecule has 2 atom stereocenters. The second-order valence-electron chi connectivity index (χ2n) is 7.28. The molecule has 0 unspecified atom stereocenters. The number of pyridine rings is 1. The summed E-state index contributed by atoms with van der Waals surface area (Å²) in [6, 6.07) is -0.490. The molecule has 162 valence electrons. The molecule has 0 aliphatic carbocycles. The Balaban J connectivity index is 2.21. The Morgan fingerprint density at radius 1 is 1.31 bits per heavy atom. The Hall–Kier alpha value is -1.18. The molecule has 9 nitrogen and oxygen atoms in total. The third kappa shape index (κ3) is 4.47. The third-order valence-electron chi connectivity index (χ3n) is 5.33. The first kappa shape index (κ1) is 22.5. The molecule has 0 radical (unpaired) electrons. The maximum atomic E-state index is 13.0. The zero-order valence-electron chi connectivity index (χ0n) is 16.7. The molecule has 1 aromatic rings. The van der Waals surface area contributed by atoms with Gasteiger partial charge in [-0.2, -0.15) is 8.42 Å². The lowest BCUT2D eigenvalue weighted by atomic mass is 10.1. The minimum absolute atomic E-state index is 0.0319. The highest BCUT2D eigenvalue weighted by Gasteiger charge is 2.42. The number of halogens is 1. The van der Waals surface area contributed by atoms with Gasteiger partial charge in [-0.3, -0.25) is 18.7 Å². The Kier molecular flexibility index (Phi) is 6.91. The van der Waals surface area contributed by atoms with Gasteiger partial charge in [-0.25, -0.2) is 0 Å². The number of fused-ring (bicyclic) bond motifs is 1. The summed E-state index contributed by atoms with van der Waals surface area (Å²) >= 11 is 2.01. The number of carbonyl (C=O) groups excluding carboxylic acids is 1. The molecule has 3 rings (SSSR count). The lowest BCUT2D eigenvalue weighted by Crippen LogP contribution is -2.33. The Bertz CT molecular complexity index is 955. The van der Waals surface area contributed by atoms with Crippen LogP contribution in [-0.4, -0.2) is 63.4 Å². The van der Waals surface area contributed by atoms with Crippen LogP contribution in [-0.2, 0) is 14.3 Å². The van der Waals surface area contributed by atoms with E-state index in [9.17, 15) is 18.0 Å². The average Bonchev–Trinajstić information content (AvgIpc) is 3.30. The summed E-state index contributed by atoms with van der Waals surface area (Å²) in [4.78, 5) is 28.2. The zero-order chi connectivity index (χ0) is 21.3. The molecule has 0 bridgehead atoms. The Labute approximate surface area is 184 Å². The predicted molar refractivity (Wildman–Crippen MR) is 116 cm³/mol. The molecule has 1 saturated heterocycles. The number of ether oxygens (including phenoxy) is 1. The van der Waals surface area contributed by atoms with Crippen molar-refractivity contribution in [3.63, 3.8) is 0 Å².